The first-order valence-electron chi connectivity index (χ1n) is 9.98. The monoisotopic (exact) mass is 430 g/mol. The van der Waals surface area contributed by atoms with Crippen LogP contribution in [0.2, 0.25) is 0 Å². The van der Waals surface area contributed by atoms with Crippen LogP contribution in [0.1, 0.15) is 36.8 Å². The number of hydrogen-bond acceptors (Lipinski definition) is 4. The Kier molecular flexibility index (Phi) is 7.37. The molecule has 0 radical (unpaired) electrons. The molecule has 2 amide bonds. The van der Waals surface area contributed by atoms with Gasteiger partial charge in [-0.1, -0.05) is 38.1 Å². The number of hydrogen-bond donors (Lipinski definition) is 1. The predicted octanol–water partition coefficient (Wildman–Crippen LogP) is 4.14. The number of amides is 2. The first-order valence-corrected chi connectivity index (χ1v) is 11.0. The van der Waals surface area contributed by atoms with Crippen molar-refractivity contribution < 1.29 is 18.7 Å². The number of thioether (sulfide) groups is 1. The second-order valence-electron chi connectivity index (χ2n) is 7.73. The molecule has 5 nitrogen and oxygen atoms in total. The third-order valence-corrected chi connectivity index (χ3v) is 6.25. The zero-order valence-electron chi connectivity index (χ0n) is 17.4. The fourth-order valence-corrected chi connectivity index (χ4v) is 4.73. The summed E-state index contributed by atoms with van der Waals surface area (Å²) in [7, 11) is 1.61. The zero-order chi connectivity index (χ0) is 21.7. The van der Waals surface area contributed by atoms with Gasteiger partial charge in [-0.3, -0.25) is 9.59 Å². The third kappa shape index (κ3) is 5.33. The first-order chi connectivity index (χ1) is 14.4. The molecule has 2 aromatic carbocycles. The average molecular weight is 431 g/mol. The van der Waals surface area contributed by atoms with Gasteiger partial charge in [0.05, 0.1) is 12.9 Å². The van der Waals surface area contributed by atoms with E-state index >= 15 is 0 Å². The summed E-state index contributed by atoms with van der Waals surface area (Å²) in [6.45, 7) is 4.36. The minimum atomic E-state index is -0.569. The summed E-state index contributed by atoms with van der Waals surface area (Å²) in [6.07, 6.45) is 0.564. The van der Waals surface area contributed by atoms with E-state index < -0.39 is 6.04 Å². The lowest BCUT2D eigenvalue weighted by molar-refractivity contribution is -0.139. The van der Waals surface area contributed by atoms with Gasteiger partial charge >= 0.3 is 0 Å². The summed E-state index contributed by atoms with van der Waals surface area (Å²) in [6, 6.07) is 13.1. The van der Waals surface area contributed by atoms with Crippen LogP contribution in [-0.2, 0) is 16.1 Å². The summed E-state index contributed by atoms with van der Waals surface area (Å²) in [5.41, 5.74) is 1.77. The van der Waals surface area contributed by atoms with E-state index in [4.69, 9.17) is 4.74 Å². The van der Waals surface area contributed by atoms with Crippen LogP contribution in [0.15, 0.2) is 48.5 Å². The van der Waals surface area contributed by atoms with Crippen molar-refractivity contribution >= 4 is 23.6 Å². The zero-order valence-corrected chi connectivity index (χ0v) is 18.2. The van der Waals surface area contributed by atoms with Gasteiger partial charge in [0.25, 0.3) is 0 Å². The van der Waals surface area contributed by atoms with Crippen molar-refractivity contribution in [3.8, 4) is 5.75 Å². The van der Waals surface area contributed by atoms with Gasteiger partial charge in [0, 0.05) is 6.54 Å². The lowest BCUT2D eigenvalue weighted by Crippen LogP contribution is -2.49. The van der Waals surface area contributed by atoms with Crippen LogP contribution >= 0.6 is 11.8 Å². The highest BCUT2D eigenvalue weighted by Gasteiger charge is 2.41. The van der Waals surface area contributed by atoms with Crippen LogP contribution in [0.4, 0.5) is 4.39 Å². The molecule has 1 aliphatic rings. The summed E-state index contributed by atoms with van der Waals surface area (Å²) >= 11 is 1.53. The van der Waals surface area contributed by atoms with Crippen LogP contribution in [-0.4, -0.2) is 35.6 Å². The predicted molar refractivity (Wildman–Crippen MR) is 117 cm³/mol. The fraction of sp³-hybridized carbons (Fsp3) is 0.391. The largest absolute Gasteiger partial charge is 0.497 e. The Morgan fingerprint density at radius 3 is 2.47 bits per heavy atom. The van der Waals surface area contributed by atoms with Crippen molar-refractivity contribution in [2.45, 2.75) is 38.2 Å². The number of benzene rings is 2. The number of nitrogens with one attached hydrogen (secondary N) is 1. The highest BCUT2D eigenvalue weighted by atomic mass is 32.2. The molecule has 1 N–H and O–H groups in total. The van der Waals surface area contributed by atoms with Gasteiger partial charge in [-0.15, -0.1) is 11.8 Å². The number of ether oxygens (including phenoxy) is 1. The standard InChI is InChI=1S/C23H27FN2O3S/c1-15(2)12-20(22(28)25-13-16-4-8-18(24)9-5-16)26-21(27)14-30-23(26)17-6-10-19(29-3)11-7-17/h4-11,15,20,23H,12-14H2,1-3H3,(H,25,28). The summed E-state index contributed by atoms with van der Waals surface area (Å²) in [4.78, 5) is 27.6. The normalized spacial score (nSPS) is 17.3. The molecule has 160 valence electrons. The van der Waals surface area contributed by atoms with E-state index in [1.165, 1.54) is 23.9 Å². The molecule has 1 fully saturated rings. The molecule has 3 rings (SSSR count). The lowest BCUT2D eigenvalue weighted by atomic mass is 10.0. The van der Waals surface area contributed by atoms with Gasteiger partial charge in [0.15, 0.2) is 0 Å². The molecular weight excluding hydrogens is 403 g/mol. The molecule has 30 heavy (non-hydrogen) atoms. The first kappa shape index (κ1) is 22.2. The quantitative estimate of drug-likeness (QED) is 0.684. The Hall–Kier alpha value is -2.54. The summed E-state index contributed by atoms with van der Waals surface area (Å²) < 4.78 is 18.3. The Labute approximate surface area is 181 Å². The number of methoxy groups -OCH3 is 1. The molecule has 0 aromatic heterocycles. The Morgan fingerprint density at radius 2 is 1.87 bits per heavy atom. The molecule has 0 bridgehead atoms. The molecule has 0 spiro atoms. The molecule has 0 saturated carbocycles. The second kappa shape index (κ2) is 9.98. The Morgan fingerprint density at radius 1 is 1.20 bits per heavy atom. The van der Waals surface area contributed by atoms with Crippen LogP contribution in [0.25, 0.3) is 0 Å². The fourth-order valence-electron chi connectivity index (χ4n) is 3.50. The van der Waals surface area contributed by atoms with Gasteiger partial charge in [-0.05, 0) is 47.7 Å². The van der Waals surface area contributed by atoms with Gasteiger partial charge in [-0.25, -0.2) is 4.39 Å². The van der Waals surface area contributed by atoms with Crippen molar-refractivity contribution in [1.29, 1.82) is 0 Å². The van der Waals surface area contributed by atoms with Gasteiger partial charge < -0.3 is 15.0 Å². The Balaban J connectivity index is 1.79. The molecule has 0 aliphatic carbocycles. The molecule has 1 aliphatic heterocycles. The van der Waals surface area contributed by atoms with E-state index in [1.54, 1.807) is 24.1 Å². The van der Waals surface area contributed by atoms with Crippen molar-refractivity contribution in [2.75, 3.05) is 12.9 Å². The number of carbonyl (C=O) groups excluding carboxylic acids is 2. The maximum absolute atomic E-state index is 13.1. The number of nitrogens with zero attached hydrogens (tertiary/aromatic N) is 1. The average Bonchev–Trinajstić information content (AvgIpc) is 3.12. The molecular formula is C23H27FN2O3S. The van der Waals surface area contributed by atoms with Gasteiger partial charge in [-0.2, -0.15) is 0 Å². The SMILES string of the molecule is COc1ccc(C2SCC(=O)N2C(CC(C)C)C(=O)NCc2ccc(F)cc2)cc1. The van der Waals surface area contributed by atoms with Crippen LogP contribution < -0.4 is 10.1 Å². The molecule has 2 atom stereocenters. The second-order valence-corrected chi connectivity index (χ2v) is 8.80. The van der Waals surface area contributed by atoms with Crippen molar-refractivity contribution in [2.24, 2.45) is 5.92 Å². The van der Waals surface area contributed by atoms with E-state index in [-0.39, 0.29) is 35.5 Å². The van der Waals surface area contributed by atoms with Crippen molar-refractivity contribution in [3.63, 3.8) is 0 Å². The van der Waals surface area contributed by atoms with Gasteiger partial charge in [0.2, 0.25) is 11.8 Å². The lowest BCUT2D eigenvalue weighted by Gasteiger charge is -2.33. The minimum Gasteiger partial charge on any atom is -0.497 e. The van der Waals surface area contributed by atoms with E-state index in [0.29, 0.717) is 12.2 Å². The number of rotatable bonds is 8. The Bertz CT molecular complexity index is 871. The highest BCUT2D eigenvalue weighted by Crippen LogP contribution is 2.41. The van der Waals surface area contributed by atoms with Crippen LogP contribution in [0.3, 0.4) is 0 Å². The smallest absolute Gasteiger partial charge is 0.243 e. The topological polar surface area (TPSA) is 58.6 Å². The van der Waals surface area contributed by atoms with E-state index in [0.717, 1.165) is 16.9 Å². The van der Waals surface area contributed by atoms with Crippen LogP contribution in [0.5, 0.6) is 5.75 Å². The van der Waals surface area contributed by atoms with Gasteiger partial charge in [0.1, 0.15) is 23.0 Å². The summed E-state index contributed by atoms with van der Waals surface area (Å²) in [5.74, 6) is 0.781. The highest BCUT2D eigenvalue weighted by molar-refractivity contribution is 8.00. The minimum absolute atomic E-state index is 0.0385. The molecule has 1 heterocycles. The van der Waals surface area contributed by atoms with Crippen molar-refractivity contribution in [3.05, 3.63) is 65.5 Å². The number of halogens is 1. The van der Waals surface area contributed by atoms with Crippen LogP contribution in [0, 0.1) is 11.7 Å². The summed E-state index contributed by atoms with van der Waals surface area (Å²) in [5, 5.41) is 2.71. The molecule has 2 unspecified atom stereocenters. The molecule has 1 saturated heterocycles. The van der Waals surface area contributed by atoms with Crippen molar-refractivity contribution in [1.82, 2.24) is 10.2 Å². The molecule has 7 heteroatoms. The molecule has 2 aromatic rings. The maximum atomic E-state index is 13.1. The van der Waals surface area contributed by atoms with E-state index in [2.05, 4.69) is 5.32 Å². The maximum Gasteiger partial charge on any atom is 0.243 e. The van der Waals surface area contributed by atoms with E-state index in [9.17, 15) is 14.0 Å². The third-order valence-electron chi connectivity index (χ3n) is 5.02. The van der Waals surface area contributed by atoms with E-state index in [1.807, 2.05) is 38.1 Å². The number of carbonyl (C=O) groups is 2.